The minimum Gasteiger partial charge on any atom is -0.353 e. The van der Waals surface area contributed by atoms with Crippen LogP contribution in [-0.2, 0) is 11.2 Å². The molecule has 2 fully saturated rings. The van der Waals surface area contributed by atoms with Gasteiger partial charge in [0.2, 0.25) is 5.91 Å². The molecule has 2 unspecified atom stereocenters. The van der Waals surface area contributed by atoms with Crippen molar-refractivity contribution in [3.8, 4) is 0 Å². The number of piperidine rings is 1. The number of carbonyl (C=O) groups excluding carboxylic acids is 1. The summed E-state index contributed by atoms with van der Waals surface area (Å²) in [4.78, 5) is 12.4. The van der Waals surface area contributed by atoms with Gasteiger partial charge in [-0.15, -0.1) is 12.4 Å². The second-order valence-electron chi connectivity index (χ2n) is 6.57. The van der Waals surface area contributed by atoms with Gasteiger partial charge >= 0.3 is 0 Å². The number of amides is 1. The molecular weight excluding hydrogens is 364 g/mol. The van der Waals surface area contributed by atoms with Gasteiger partial charge in [0, 0.05) is 16.4 Å². The average molecular weight is 388 g/mol. The molecule has 0 bridgehead atoms. The second-order valence-corrected chi connectivity index (χ2v) is 7.43. The minimum absolute atomic E-state index is 0. The van der Waals surface area contributed by atoms with E-state index >= 15 is 0 Å². The van der Waals surface area contributed by atoms with E-state index in [1.54, 1.807) is 0 Å². The molecular formula is C17H24BrClN2O. The zero-order valence-electron chi connectivity index (χ0n) is 12.9. The molecule has 3 nitrogen and oxygen atoms in total. The van der Waals surface area contributed by atoms with Gasteiger partial charge in [0.1, 0.15) is 0 Å². The Kier molecular flexibility index (Phi) is 5.92. The van der Waals surface area contributed by atoms with E-state index in [1.165, 1.54) is 5.56 Å². The van der Waals surface area contributed by atoms with Gasteiger partial charge < -0.3 is 10.6 Å². The molecule has 1 aromatic rings. The Morgan fingerprint density at radius 2 is 2.09 bits per heavy atom. The van der Waals surface area contributed by atoms with Crippen molar-refractivity contribution >= 4 is 34.2 Å². The summed E-state index contributed by atoms with van der Waals surface area (Å²) in [6.07, 6.45) is 4.27. The lowest BCUT2D eigenvalue weighted by molar-refractivity contribution is -0.123. The van der Waals surface area contributed by atoms with Crippen molar-refractivity contribution in [1.82, 2.24) is 10.6 Å². The lowest BCUT2D eigenvalue weighted by Crippen LogP contribution is -2.38. The Bertz CT molecular complexity index is 531. The third kappa shape index (κ3) is 3.84. The van der Waals surface area contributed by atoms with Crippen molar-refractivity contribution in [3.05, 3.63) is 34.3 Å². The molecule has 122 valence electrons. The van der Waals surface area contributed by atoms with Crippen LogP contribution in [0.2, 0.25) is 0 Å². The maximum atomic E-state index is 12.4. The summed E-state index contributed by atoms with van der Waals surface area (Å²) in [5, 5.41) is 6.59. The van der Waals surface area contributed by atoms with Crippen LogP contribution in [0.5, 0.6) is 0 Å². The molecule has 5 heteroatoms. The molecule has 1 saturated heterocycles. The number of hydrogen-bond acceptors (Lipinski definition) is 2. The summed E-state index contributed by atoms with van der Waals surface area (Å²) in [6.45, 7) is 4.22. The van der Waals surface area contributed by atoms with Gasteiger partial charge in [-0.1, -0.05) is 34.1 Å². The molecule has 1 heterocycles. The zero-order chi connectivity index (χ0) is 14.9. The van der Waals surface area contributed by atoms with Crippen LogP contribution >= 0.6 is 28.3 Å². The maximum Gasteiger partial charge on any atom is 0.223 e. The Balaban J connectivity index is 0.00000176. The van der Waals surface area contributed by atoms with E-state index in [2.05, 4.69) is 45.6 Å². The first-order chi connectivity index (χ1) is 10.1. The van der Waals surface area contributed by atoms with Crippen molar-refractivity contribution in [2.45, 2.75) is 38.6 Å². The van der Waals surface area contributed by atoms with Gasteiger partial charge in [0.05, 0.1) is 0 Å². The van der Waals surface area contributed by atoms with E-state index in [0.29, 0.717) is 5.41 Å². The highest BCUT2D eigenvalue weighted by atomic mass is 79.9. The van der Waals surface area contributed by atoms with Gasteiger partial charge in [-0.25, -0.2) is 0 Å². The van der Waals surface area contributed by atoms with Crippen molar-refractivity contribution < 1.29 is 4.79 Å². The minimum atomic E-state index is 0. The molecule has 22 heavy (non-hydrogen) atoms. The van der Waals surface area contributed by atoms with E-state index in [4.69, 9.17) is 0 Å². The van der Waals surface area contributed by atoms with Crippen LogP contribution in [0.3, 0.4) is 0 Å². The summed E-state index contributed by atoms with van der Waals surface area (Å²) in [5.74, 6) is 0.512. The van der Waals surface area contributed by atoms with E-state index in [1.807, 2.05) is 12.1 Å². The highest BCUT2D eigenvalue weighted by Gasteiger charge is 2.57. The number of benzene rings is 1. The lowest BCUT2D eigenvalue weighted by atomic mass is 9.91. The highest BCUT2D eigenvalue weighted by molar-refractivity contribution is 9.10. The predicted molar refractivity (Wildman–Crippen MR) is 95.3 cm³/mol. The summed E-state index contributed by atoms with van der Waals surface area (Å²) in [7, 11) is 0. The molecule has 1 spiro atoms. The average Bonchev–Trinajstić information content (AvgIpc) is 3.16. The first-order valence-corrected chi connectivity index (χ1v) is 8.64. The molecule has 1 amide bonds. The summed E-state index contributed by atoms with van der Waals surface area (Å²) < 4.78 is 1.12. The lowest BCUT2D eigenvalue weighted by Gasteiger charge is -2.23. The van der Waals surface area contributed by atoms with Crippen molar-refractivity contribution in [1.29, 1.82) is 0 Å². The molecule has 0 radical (unpaired) electrons. The van der Waals surface area contributed by atoms with Gasteiger partial charge in [-0.05, 0) is 62.7 Å². The van der Waals surface area contributed by atoms with Crippen molar-refractivity contribution in [2.24, 2.45) is 11.3 Å². The monoisotopic (exact) mass is 386 g/mol. The third-order valence-corrected chi connectivity index (χ3v) is 5.75. The van der Waals surface area contributed by atoms with Crippen LogP contribution in [0.4, 0.5) is 0 Å². The van der Waals surface area contributed by atoms with E-state index in [-0.39, 0.29) is 30.3 Å². The number of hydrogen-bond donors (Lipinski definition) is 2. The van der Waals surface area contributed by atoms with Crippen LogP contribution in [0.25, 0.3) is 0 Å². The SMILES string of the molecule is CC(Cc1ccccc1Br)NC(=O)C1CC12CCNCC2.Cl. The highest BCUT2D eigenvalue weighted by Crippen LogP contribution is 2.58. The Morgan fingerprint density at radius 1 is 1.41 bits per heavy atom. The van der Waals surface area contributed by atoms with Crippen LogP contribution in [0.15, 0.2) is 28.7 Å². The third-order valence-electron chi connectivity index (χ3n) is 4.98. The molecule has 1 aliphatic heterocycles. The Morgan fingerprint density at radius 3 is 2.77 bits per heavy atom. The van der Waals surface area contributed by atoms with E-state index < -0.39 is 0 Å². The number of rotatable bonds is 4. The number of carbonyl (C=O) groups is 1. The summed E-state index contributed by atoms with van der Waals surface area (Å²) in [6, 6.07) is 8.39. The Labute approximate surface area is 147 Å². The Hall–Kier alpha value is -0.580. The van der Waals surface area contributed by atoms with Crippen molar-refractivity contribution in [2.75, 3.05) is 13.1 Å². The molecule has 3 rings (SSSR count). The molecule has 1 aromatic carbocycles. The molecule has 1 aliphatic carbocycles. The number of nitrogens with one attached hydrogen (secondary N) is 2. The van der Waals surface area contributed by atoms with Crippen molar-refractivity contribution in [3.63, 3.8) is 0 Å². The fourth-order valence-electron chi connectivity index (χ4n) is 3.58. The number of halogens is 2. The van der Waals surface area contributed by atoms with Gasteiger partial charge in [0.25, 0.3) is 0 Å². The van der Waals surface area contributed by atoms with Gasteiger partial charge in [0.15, 0.2) is 0 Å². The molecule has 2 atom stereocenters. The molecule has 2 aliphatic rings. The molecule has 2 N–H and O–H groups in total. The van der Waals surface area contributed by atoms with E-state index in [0.717, 1.165) is 43.2 Å². The molecule has 0 aromatic heterocycles. The summed E-state index contributed by atoms with van der Waals surface area (Å²) >= 11 is 3.57. The van der Waals surface area contributed by atoms with Crippen LogP contribution in [0.1, 0.15) is 31.7 Å². The van der Waals surface area contributed by atoms with Crippen LogP contribution in [0, 0.1) is 11.3 Å². The molecule has 1 saturated carbocycles. The smallest absolute Gasteiger partial charge is 0.223 e. The largest absolute Gasteiger partial charge is 0.353 e. The normalized spacial score (nSPS) is 23.5. The standard InChI is InChI=1S/C17H23BrN2O.ClH/c1-12(10-13-4-2-3-5-15(13)18)20-16(21)14-11-17(14)6-8-19-9-7-17;/h2-5,12,14,19H,6-11H2,1H3,(H,20,21);1H. The fraction of sp³-hybridized carbons (Fsp3) is 0.588. The second kappa shape index (κ2) is 7.33. The fourth-order valence-corrected chi connectivity index (χ4v) is 4.03. The first kappa shape index (κ1) is 17.8. The zero-order valence-corrected chi connectivity index (χ0v) is 15.3. The van der Waals surface area contributed by atoms with Crippen LogP contribution in [-0.4, -0.2) is 25.0 Å². The summed E-state index contributed by atoms with van der Waals surface area (Å²) in [5.41, 5.74) is 1.57. The van der Waals surface area contributed by atoms with Crippen LogP contribution < -0.4 is 10.6 Å². The van der Waals surface area contributed by atoms with Gasteiger partial charge in [-0.3, -0.25) is 4.79 Å². The van der Waals surface area contributed by atoms with Gasteiger partial charge in [-0.2, -0.15) is 0 Å². The topological polar surface area (TPSA) is 41.1 Å². The van der Waals surface area contributed by atoms with E-state index in [9.17, 15) is 4.79 Å². The maximum absolute atomic E-state index is 12.4. The predicted octanol–water partition coefficient (Wildman–Crippen LogP) is 3.31. The quantitative estimate of drug-likeness (QED) is 0.832. The first-order valence-electron chi connectivity index (χ1n) is 7.85.